The number of fused-ring (bicyclic) bond motifs is 5. The molecule has 0 aromatic heterocycles. The number of rotatable bonds is 1. The van der Waals surface area contributed by atoms with Gasteiger partial charge in [0.15, 0.2) is 5.78 Å². The molecule has 0 saturated heterocycles. The Bertz CT molecular complexity index is 668. The average Bonchev–Trinajstić information content (AvgIpc) is 2.53. The number of carbonyl (C=O) groups is 2. The van der Waals surface area contributed by atoms with Crippen LogP contribution in [0.4, 0.5) is 0 Å². The third kappa shape index (κ3) is 2.17. The maximum absolute atomic E-state index is 12.5. The lowest BCUT2D eigenvalue weighted by atomic mass is 9.68. The molecule has 0 heterocycles. The Hall–Kier alpha value is -2.30. The number of hydrogen-bond donors (Lipinski definition) is 3. The maximum atomic E-state index is 12.5. The van der Waals surface area contributed by atoms with Crippen LogP contribution >= 0.6 is 0 Å². The van der Waals surface area contributed by atoms with Gasteiger partial charge in [-0.05, 0) is 49.2 Å². The lowest BCUT2D eigenvalue weighted by Crippen LogP contribution is -2.33. The van der Waals surface area contributed by atoms with Crippen molar-refractivity contribution >= 4 is 11.8 Å². The van der Waals surface area contributed by atoms with Crippen molar-refractivity contribution in [2.24, 2.45) is 23.5 Å². The van der Waals surface area contributed by atoms with E-state index in [1.165, 1.54) is 0 Å². The Morgan fingerprint density at radius 1 is 1.36 bits per heavy atom. The first-order valence-corrected chi connectivity index (χ1v) is 7.44. The Morgan fingerprint density at radius 2 is 2.09 bits per heavy atom. The molecule has 3 aliphatic rings. The number of aliphatic carboxylic acids is 1. The van der Waals surface area contributed by atoms with Gasteiger partial charge < -0.3 is 15.9 Å². The summed E-state index contributed by atoms with van der Waals surface area (Å²) in [7, 11) is 0. The number of carboxylic acid groups (broad SMARTS) is 1. The smallest absolute Gasteiger partial charge is 0.306 e. The molecule has 0 aliphatic heterocycles. The molecular formula is C17H19NO4. The van der Waals surface area contributed by atoms with Crippen molar-refractivity contribution in [2.45, 2.75) is 25.7 Å². The van der Waals surface area contributed by atoms with E-state index < -0.39 is 11.9 Å². The summed E-state index contributed by atoms with van der Waals surface area (Å²) in [6.45, 7) is 3.72. The molecular weight excluding hydrogens is 282 g/mol. The lowest BCUT2D eigenvalue weighted by molar-refractivity contribution is -0.145. The minimum Gasteiger partial charge on any atom is -0.507 e. The number of allylic oxidation sites excluding steroid dienone is 5. The highest BCUT2D eigenvalue weighted by molar-refractivity contribution is 6.11. The van der Waals surface area contributed by atoms with Crippen molar-refractivity contribution in [3.63, 3.8) is 0 Å². The largest absolute Gasteiger partial charge is 0.507 e. The van der Waals surface area contributed by atoms with Crippen molar-refractivity contribution < 1.29 is 19.8 Å². The van der Waals surface area contributed by atoms with Crippen LogP contribution in [0.3, 0.4) is 0 Å². The van der Waals surface area contributed by atoms with E-state index in [2.05, 4.69) is 6.58 Å². The van der Waals surface area contributed by atoms with Crippen molar-refractivity contribution in [1.29, 1.82) is 0 Å². The van der Waals surface area contributed by atoms with Crippen LogP contribution in [0.1, 0.15) is 25.7 Å². The molecule has 1 unspecified atom stereocenters. The van der Waals surface area contributed by atoms with E-state index in [-0.39, 0.29) is 29.0 Å². The van der Waals surface area contributed by atoms with Gasteiger partial charge in [0.2, 0.25) is 0 Å². The molecule has 1 saturated carbocycles. The molecule has 3 atom stereocenters. The number of hydrogen-bond acceptors (Lipinski definition) is 4. The van der Waals surface area contributed by atoms with Crippen LogP contribution in [0.2, 0.25) is 0 Å². The Balaban J connectivity index is 2.12. The zero-order valence-electron chi connectivity index (χ0n) is 12.2. The molecule has 3 aliphatic carbocycles. The van der Waals surface area contributed by atoms with Crippen LogP contribution in [-0.4, -0.2) is 22.0 Å². The molecule has 0 aromatic rings. The van der Waals surface area contributed by atoms with Crippen LogP contribution < -0.4 is 5.73 Å². The van der Waals surface area contributed by atoms with Crippen LogP contribution in [0.15, 0.2) is 46.9 Å². The van der Waals surface area contributed by atoms with Gasteiger partial charge in [0.1, 0.15) is 5.76 Å². The van der Waals surface area contributed by atoms with E-state index in [9.17, 15) is 19.8 Å². The summed E-state index contributed by atoms with van der Waals surface area (Å²) >= 11 is 0. The minimum absolute atomic E-state index is 0.0543. The molecule has 4 N–H and O–H groups in total. The average molecular weight is 301 g/mol. The van der Waals surface area contributed by atoms with Gasteiger partial charge in [-0.15, -0.1) is 0 Å². The number of carboxylic acids is 1. The summed E-state index contributed by atoms with van der Waals surface area (Å²) in [6.07, 6.45) is 5.44. The van der Waals surface area contributed by atoms with Gasteiger partial charge in [-0.1, -0.05) is 12.7 Å². The molecule has 5 heteroatoms. The standard InChI is InChI=1S/C17H19NO4/c1-8-15(19)10-2-4-11(17(21)22)12(7-10)9-3-5-14(18)13(6-9)16(8)20/h3,5,9,11-12,19H,1-2,4,6-7,18H2,(H,21,22)/t9-,11-,12?/m0/s1. The summed E-state index contributed by atoms with van der Waals surface area (Å²) < 4.78 is 0. The Morgan fingerprint density at radius 3 is 2.77 bits per heavy atom. The van der Waals surface area contributed by atoms with Crippen molar-refractivity contribution in [3.8, 4) is 0 Å². The summed E-state index contributed by atoms with van der Waals surface area (Å²) in [6, 6.07) is 0. The number of Topliss-reactive ketones (excluding diaryl/α,β-unsaturated/α-hetero) is 1. The van der Waals surface area contributed by atoms with E-state index >= 15 is 0 Å². The summed E-state index contributed by atoms with van der Waals surface area (Å²) in [5, 5.41) is 19.8. The monoisotopic (exact) mass is 301 g/mol. The highest BCUT2D eigenvalue weighted by Crippen LogP contribution is 2.45. The number of carbonyl (C=O) groups excluding carboxylic acids is 1. The second-order valence-electron chi connectivity index (χ2n) is 6.27. The third-order valence-corrected chi connectivity index (χ3v) is 5.10. The second-order valence-corrected chi connectivity index (χ2v) is 6.27. The quantitative estimate of drug-likeness (QED) is 0.645. The molecule has 3 rings (SSSR count). The van der Waals surface area contributed by atoms with Gasteiger partial charge in [-0.3, -0.25) is 9.59 Å². The van der Waals surface area contributed by atoms with Crippen LogP contribution in [0, 0.1) is 17.8 Å². The Labute approximate surface area is 128 Å². The van der Waals surface area contributed by atoms with Crippen LogP contribution in [0.25, 0.3) is 0 Å². The van der Waals surface area contributed by atoms with E-state index in [4.69, 9.17) is 5.73 Å². The molecule has 4 bridgehead atoms. The molecule has 0 spiro atoms. The minimum atomic E-state index is -0.814. The zero-order chi connectivity index (χ0) is 16.0. The van der Waals surface area contributed by atoms with E-state index in [0.29, 0.717) is 37.0 Å². The van der Waals surface area contributed by atoms with Crippen molar-refractivity contribution in [2.75, 3.05) is 0 Å². The fourth-order valence-electron chi connectivity index (χ4n) is 3.81. The van der Waals surface area contributed by atoms with Crippen LogP contribution in [0.5, 0.6) is 0 Å². The SMILES string of the molecule is C=C1C(=O)C2=C(N)C=C[C@@H](C2)C2CC(=C1O)CC[C@@H]2C(=O)O. The van der Waals surface area contributed by atoms with Gasteiger partial charge in [-0.2, -0.15) is 0 Å². The highest BCUT2D eigenvalue weighted by Gasteiger charge is 2.41. The van der Waals surface area contributed by atoms with E-state index in [1.54, 1.807) is 6.08 Å². The molecule has 0 aromatic carbocycles. The highest BCUT2D eigenvalue weighted by atomic mass is 16.4. The van der Waals surface area contributed by atoms with Gasteiger partial charge in [0.25, 0.3) is 0 Å². The molecule has 1 fully saturated rings. The maximum Gasteiger partial charge on any atom is 0.306 e. The predicted octanol–water partition coefficient (Wildman–Crippen LogP) is 2.23. The number of ketones is 1. The van der Waals surface area contributed by atoms with Gasteiger partial charge in [-0.25, -0.2) is 0 Å². The number of nitrogens with two attached hydrogens (primary N) is 1. The number of aliphatic hydroxyl groups excluding tert-OH is 1. The van der Waals surface area contributed by atoms with Gasteiger partial charge >= 0.3 is 5.97 Å². The lowest BCUT2D eigenvalue weighted by Gasteiger charge is -2.35. The van der Waals surface area contributed by atoms with Crippen molar-refractivity contribution in [1.82, 2.24) is 0 Å². The normalized spacial score (nSPS) is 31.7. The fourth-order valence-corrected chi connectivity index (χ4v) is 3.81. The van der Waals surface area contributed by atoms with Gasteiger partial charge in [0.05, 0.1) is 11.5 Å². The van der Waals surface area contributed by atoms with Gasteiger partial charge in [0, 0.05) is 11.3 Å². The predicted molar refractivity (Wildman–Crippen MR) is 80.7 cm³/mol. The summed E-state index contributed by atoms with van der Waals surface area (Å²) in [5.41, 5.74) is 7.52. The first-order chi connectivity index (χ1) is 10.4. The van der Waals surface area contributed by atoms with Crippen LogP contribution in [-0.2, 0) is 9.59 Å². The Kier molecular flexibility index (Phi) is 3.43. The molecule has 22 heavy (non-hydrogen) atoms. The topological polar surface area (TPSA) is 101 Å². The third-order valence-electron chi connectivity index (χ3n) is 5.10. The molecule has 5 nitrogen and oxygen atoms in total. The zero-order valence-corrected chi connectivity index (χ0v) is 12.2. The molecule has 0 amide bonds. The van der Waals surface area contributed by atoms with Crippen molar-refractivity contribution in [3.05, 3.63) is 46.9 Å². The summed E-state index contributed by atoms with van der Waals surface area (Å²) in [5.74, 6) is -1.88. The second kappa shape index (κ2) is 5.16. The molecule has 116 valence electrons. The molecule has 0 radical (unpaired) electrons. The number of aliphatic hydroxyl groups is 1. The van der Waals surface area contributed by atoms with E-state index in [1.807, 2.05) is 6.08 Å². The first kappa shape index (κ1) is 14.6. The summed E-state index contributed by atoms with van der Waals surface area (Å²) in [4.78, 5) is 24.1. The van der Waals surface area contributed by atoms with E-state index in [0.717, 1.165) is 5.57 Å². The first-order valence-electron chi connectivity index (χ1n) is 7.44. The fraction of sp³-hybridized carbons (Fsp3) is 0.412.